The van der Waals surface area contributed by atoms with Crippen molar-refractivity contribution in [3.63, 3.8) is 0 Å². The third kappa shape index (κ3) is 11.4. The zero-order valence-electron chi connectivity index (χ0n) is 36.0. The van der Waals surface area contributed by atoms with Crippen LogP contribution >= 0.6 is 0 Å². The Morgan fingerprint density at radius 3 is 2.29 bits per heavy atom. The molecule has 1 saturated carbocycles. The molecule has 330 valence electrons. The number of morpholine rings is 1. The third-order valence-electron chi connectivity index (χ3n) is 12.3. The summed E-state index contributed by atoms with van der Waals surface area (Å²) in [7, 11) is 0. The van der Waals surface area contributed by atoms with Gasteiger partial charge in [0.25, 0.3) is 11.8 Å². The number of halogens is 1. The number of nitrogens with zero attached hydrogens (tertiary/aromatic N) is 6. The number of ether oxygens (including phenoxy) is 2. The fourth-order valence-corrected chi connectivity index (χ4v) is 9.04. The molecule has 5 heterocycles. The molecule has 3 N–H and O–H groups in total. The van der Waals surface area contributed by atoms with Crippen molar-refractivity contribution < 1.29 is 28.2 Å². The average molecular weight is 850 g/mol. The van der Waals surface area contributed by atoms with Gasteiger partial charge in [0.1, 0.15) is 22.8 Å². The van der Waals surface area contributed by atoms with Crippen molar-refractivity contribution in [1.29, 1.82) is 0 Å². The topological polar surface area (TPSA) is 146 Å². The zero-order chi connectivity index (χ0) is 43.0. The van der Waals surface area contributed by atoms with Gasteiger partial charge in [-0.1, -0.05) is 30.3 Å². The summed E-state index contributed by atoms with van der Waals surface area (Å²) >= 11 is 0. The SMILES string of the molecule is CC(C)NC(=O)CN1CCN(Cc2ccc(-c3cccc(Oc4ncc(F)cc4C(=O)NC4CCC(NC(=O)c5cc6n(n5)CCCC6)CC4)c3)c(CN3CCOCC3)c2)CC1. The lowest BCUT2D eigenvalue weighted by Gasteiger charge is -2.34. The van der Waals surface area contributed by atoms with Gasteiger partial charge in [-0.2, -0.15) is 5.10 Å². The van der Waals surface area contributed by atoms with Crippen LogP contribution in [0.1, 0.15) is 90.0 Å². The van der Waals surface area contributed by atoms with E-state index in [1.165, 1.54) is 17.2 Å². The number of amides is 3. The summed E-state index contributed by atoms with van der Waals surface area (Å²) in [5.41, 5.74) is 6.05. The Morgan fingerprint density at radius 1 is 0.823 bits per heavy atom. The van der Waals surface area contributed by atoms with Crippen LogP contribution < -0.4 is 20.7 Å². The molecule has 2 saturated heterocycles. The minimum Gasteiger partial charge on any atom is -0.438 e. The van der Waals surface area contributed by atoms with Gasteiger partial charge in [-0.05, 0) is 105 Å². The van der Waals surface area contributed by atoms with E-state index in [9.17, 15) is 18.8 Å². The van der Waals surface area contributed by atoms with E-state index in [4.69, 9.17) is 9.47 Å². The van der Waals surface area contributed by atoms with Crippen LogP contribution in [0.5, 0.6) is 11.6 Å². The molecule has 0 spiro atoms. The van der Waals surface area contributed by atoms with Crippen LogP contribution in [0.25, 0.3) is 11.1 Å². The Morgan fingerprint density at radius 2 is 1.55 bits per heavy atom. The second-order valence-corrected chi connectivity index (χ2v) is 17.5. The standard InChI is InChI=1S/C47H60FN9O5/c1-32(2)50-44(58)31-55-18-16-54(17-19-55)29-33-9-14-41(35(24-33)30-56-20-22-61-23-21-56)34-6-5-8-40(25-34)62-47-42(26-36(48)28-49-47)45(59)51-37-10-12-38(13-11-37)52-46(60)43-27-39-7-3-4-15-57(39)53-43/h5-6,8-9,14,24-28,32,37-38H,3-4,7,10-13,15-23,29-31H2,1-2H3,(H,50,58)(H,51,59)(H,52,60). The van der Waals surface area contributed by atoms with E-state index >= 15 is 0 Å². The number of fused-ring (bicyclic) bond motifs is 1. The average Bonchev–Trinajstić information content (AvgIpc) is 3.71. The Bertz CT molecular complexity index is 2170. The minimum absolute atomic E-state index is 0.0144. The molecule has 0 atom stereocenters. The van der Waals surface area contributed by atoms with Crippen LogP contribution in [0.4, 0.5) is 4.39 Å². The number of nitrogens with one attached hydrogen (secondary N) is 3. The van der Waals surface area contributed by atoms with E-state index in [0.717, 1.165) is 101 Å². The molecule has 0 unspecified atom stereocenters. The van der Waals surface area contributed by atoms with Gasteiger partial charge in [0.05, 0.1) is 26.0 Å². The summed E-state index contributed by atoms with van der Waals surface area (Å²) in [5, 5.41) is 13.7. The highest BCUT2D eigenvalue weighted by Crippen LogP contribution is 2.32. The first-order chi connectivity index (χ1) is 30.1. The van der Waals surface area contributed by atoms with Crippen LogP contribution in [-0.4, -0.2) is 124 Å². The predicted octanol–water partition coefficient (Wildman–Crippen LogP) is 5.16. The predicted molar refractivity (Wildman–Crippen MR) is 233 cm³/mol. The molecule has 3 amide bonds. The molecule has 0 bridgehead atoms. The molecule has 1 aliphatic carbocycles. The fourth-order valence-electron chi connectivity index (χ4n) is 9.04. The van der Waals surface area contributed by atoms with Gasteiger partial charge in [0.15, 0.2) is 0 Å². The molecular weight excluding hydrogens is 790 g/mol. The number of carbonyl (C=O) groups excluding carboxylic acids is 3. The van der Waals surface area contributed by atoms with Gasteiger partial charge in [0.2, 0.25) is 11.8 Å². The lowest BCUT2D eigenvalue weighted by Crippen LogP contribution is -2.49. The Kier molecular flexibility index (Phi) is 14.2. The van der Waals surface area contributed by atoms with Gasteiger partial charge in [-0.3, -0.25) is 33.8 Å². The molecule has 3 fully saturated rings. The van der Waals surface area contributed by atoms with Crippen molar-refractivity contribution in [2.75, 3.05) is 59.0 Å². The van der Waals surface area contributed by atoms with Crippen LogP contribution in [0.3, 0.4) is 0 Å². The van der Waals surface area contributed by atoms with Crippen LogP contribution in [0, 0.1) is 5.82 Å². The lowest BCUT2D eigenvalue weighted by molar-refractivity contribution is -0.123. The van der Waals surface area contributed by atoms with E-state index in [1.807, 2.05) is 48.9 Å². The van der Waals surface area contributed by atoms with E-state index in [1.54, 1.807) is 0 Å². The van der Waals surface area contributed by atoms with E-state index < -0.39 is 11.7 Å². The summed E-state index contributed by atoms with van der Waals surface area (Å²) in [6, 6.07) is 17.4. The van der Waals surface area contributed by atoms with Crippen molar-refractivity contribution in [3.8, 4) is 22.8 Å². The summed E-state index contributed by atoms with van der Waals surface area (Å²) < 4.78 is 28.5. The molecule has 4 aliphatic rings. The van der Waals surface area contributed by atoms with Gasteiger partial charge >= 0.3 is 0 Å². The summed E-state index contributed by atoms with van der Waals surface area (Å²) in [5.74, 6) is -0.675. The smallest absolute Gasteiger partial charge is 0.272 e. The maximum atomic E-state index is 14.6. The maximum Gasteiger partial charge on any atom is 0.272 e. The van der Waals surface area contributed by atoms with Crippen molar-refractivity contribution in [1.82, 2.24) is 45.4 Å². The van der Waals surface area contributed by atoms with E-state index in [0.29, 0.717) is 56.9 Å². The first-order valence-electron chi connectivity index (χ1n) is 22.4. The third-order valence-corrected chi connectivity index (χ3v) is 12.3. The van der Waals surface area contributed by atoms with Gasteiger partial charge in [-0.25, -0.2) is 9.37 Å². The molecule has 62 heavy (non-hydrogen) atoms. The summed E-state index contributed by atoms with van der Waals surface area (Å²) in [6.45, 7) is 13.4. The van der Waals surface area contributed by atoms with Crippen molar-refractivity contribution in [2.24, 2.45) is 0 Å². The number of piperazine rings is 1. The second kappa shape index (κ2) is 20.3. The quantitative estimate of drug-likeness (QED) is 0.156. The number of benzene rings is 2. The van der Waals surface area contributed by atoms with Crippen LogP contribution in [-0.2, 0) is 35.6 Å². The van der Waals surface area contributed by atoms with Gasteiger partial charge in [0, 0.05) is 82.7 Å². The highest BCUT2D eigenvalue weighted by Gasteiger charge is 2.28. The van der Waals surface area contributed by atoms with Crippen molar-refractivity contribution in [2.45, 2.75) is 96.6 Å². The van der Waals surface area contributed by atoms with Crippen LogP contribution in [0.15, 0.2) is 60.8 Å². The minimum atomic E-state index is -0.632. The summed E-state index contributed by atoms with van der Waals surface area (Å²) in [4.78, 5) is 50.3. The van der Waals surface area contributed by atoms with Gasteiger partial charge in [-0.15, -0.1) is 0 Å². The molecular formula is C47H60FN9O5. The highest BCUT2D eigenvalue weighted by molar-refractivity contribution is 5.96. The number of hydrogen-bond donors (Lipinski definition) is 3. The molecule has 15 heteroatoms. The van der Waals surface area contributed by atoms with Crippen molar-refractivity contribution >= 4 is 17.7 Å². The highest BCUT2D eigenvalue weighted by atomic mass is 19.1. The first kappa shape index (κ1) is 43.4. The number of rotatable bonds is 14. The Balaban J connectivity index is 0.905. The van der Waals surface area contributed by atoms with E-state index in [-0.39, 0.29) is 41.4 Å². The molecule has 2 aromatic heterocycles. The van der Waals surface area contributed by atoms with Gasteiger partial charge < -0.3 is 25.4 Å². The van der Waals surface area contributed by atoms with E-state index in [2.05, 4.69) is 58.9 Å². The first-order valence-corrected chi connectivity index (χ1v) is 22.4. The molecule has 14 nitrogen and oxygen atoms in total. The number of carbonyl (C=O) groups is 3. The molecule has 3 aliphatic heterocycles. The molecule has 2 aromatic carbocycles. The molecule has 0 radical (unpaired) electrons. The molecule has 4 aromatic rings. The zero-order valence-corrected chi connectivity index (χ0v) is 36.0. The number of aromatic nitrogens is 3. The summed E-state index contributed by atoms with van der Waals surface area (Å²) in [6.07, 6.45) is 6.93. The Hall–Kier alpha value is -5.22. The molecule has 8 rings (SSSR count). The second-order valence-electron chi connectivity index (χ2n) is 17.5. The van der Waals surface area contributed by atoms with Crippen molar-refractivity contribution in [3.05, 3.63) is 94.7 Å². The fraction of sp³-hybridized carbons (Fsp3) is 0.511. The Labute approximate surface area is 363 Å². The lowest BCUT2D eigenvalue weighted by atomic mass is 9.91. The monoisotopic (exact) mass is 849 g/mol. The number of hydrogen-bond acceptors (Lipinski definition) is 10. The normalized spacial score (nSPS) is 20.1. The largest absolute Gasteiger partial charge is 0.438 e. The van der Waals surface area contributed by atoms with Crippen LogP contribution in [0.2, 0.25) is 0 Å². The number of pyridine rings is 1. The number of aryl methyl sites for hydroxylation is 2. The maximum absolute atomic E-state index is 14.6.